The van der Waals surface area contributed by atoms with E-state index in [9.17, 15) is 18.0 Å². The summed E-state index contributed by atoms with van der Waals surface area (Å²) in [7, 11) is -5.95. The zero-order valence-corrected chi connectivity index (χ0v) is 23.6. The van der Waals surface area contributed by atoms with E-state index in [-0.39, 0.29) is 18.1 Å². The summed E-state index contributed by atoms with van der Waals surface area (Å²) in [6.45, 7) is 12.4. The summed E-state index contributed by atoms with van der Waals surface area (Å²) in [5.41, 5.74) is -0.507. The van der Waals surface area contributed by atoms with E-state index in [1.807, 2.05) is 37.3 Å². The summed E-state index contributed by atoms with van der Waals surface area (Å²) in [6, 6.07) is 9.49. The molecule has 1 N–H and O–H groups in total. The highest BCUT2D eigenvalue weighted by atomic mass is 32.2. The minimum absolute atomic E-state index is 0.0628. The lowest BCUT2D eigenvalue weighted by Crippen LogP contribution is -2.43. The number of nitrogens with zero attached hydrogens (tertiary/aromatic N) is 1. The number of aromatic nitrogens is 2. The highest BCUT2D eigenvalue weighted by Crippen LogP contribution is 2.38. The Kier molecular flexibility index (Phi) is 9.57. The molecule has 2 atom stereocenters. The van der Waals surface area contributed by atoms with Crippen molar-refractivity contribution in [2.75, 3.05) is 12.9 Å². The monoisotopic (exact) mass is 528 g/mol. The van der Waals surface area contributed by atoms with Crippen LogP contribution >= 0.6 is 11.8 Å². The molecule has 0 aliphatic heterocycles. The van der Waals surface area contributed by atoms with Gasteiger partial charge in [-0.05, 0) is 36.7 Å². The summed E-state index contributed by atoms with van der Waals surface area (Å²) in [5.74, 6) is 0. The minimum atomic E-state index is -3.78. The second-order valence-corrected chi connectivity index (χ2v) is 17.5. The molecule has 1 heterocycles. The molecule has 8 nitrogen and oxygen atoms in total. The largest absolute Gasteiger partial charge is 0.414 e. The Bertz CT molecular complexity index is 1170. The van der Waals surface area contributed by atoms with Gasteiger partial charge in [0.1, 0.15) is 6.10 Å². The van der Waals surface area contributed by atoms with Crippen molar-refractivity contribution in [3.05, 3.63) is 62.9 Å². The van der Waals surface area contributed by atoms with Gasteiger partial charge in [0.05, 0.1) is 18.2 Å². The van der Waals surface area contributed by atoms with Crippen molar-refractivity contribution in [3.63, 3.8) is 0 Å². The van der Waals surface area contributed by atoms with Gasteiger partial charge in [-0.3, -0.25) is 18.5 Å². The molecule has 0 spiro atoms. The molecule has 0 radical (unpaired) electrons. The van der Waals surface area contributed by atoms with Gasteiger partial charge in [-0.1, -0.05) is 45.9 Å². The van der Waals surface area contributed by atoms with Gasteiger partial charge in [-0.25, -0.2) is 4.79 Å². The number of hydrogen-bond acceptors (Lipinski definition) is 7. The Morgan fingerprint density at radius 2 is 1.76 bits per heavy atom. The van der Waals surface area contributed by atoms with Crippen molar-refractivity contribution < 1.29 is 17.0 Å². The van der Waals surface area contributed by atoms with Crippen LogP contribution in [0.15, 0.2) is 51.0 Å². The van der Waals surface area contributed by atoms with Crippen molar-refractivity contribution in [2.24, 2.45) is 0 Å². The van der Waals surface area contributed by atoms with Crippen LogP contribution in [0.1, 0.15) is 45.1 Å². The number of nitrogens with one attached hydrogen (secondary N) is 1. The fourth-order valence-corrected chi connectivity index (χ4v) is 5.87. The lowest BCUT2D eigenvalue weighted by Gasteiger charge is -2.37. The Morgan fingerprint density at radius 1 is 1.15 bits per heavy atom. The summed E-state index contributed by atoms with van der Waals surface area (Å²) in [5, 5.41) is -0.598. The van der Waals surface area contributed by atoms with E-state index >= 15 is 0 Å². The van der Waals surface area contributed by atoms with Crippen molar-refractivity contribution in [1.29, 1.82) is 0 Å². The molecule has 0 saturated heterocycles. The zero-order valence-electron chi connectivity index (χ0n) is 21.0. The third kappa shape index (κ3) is 8.23. The standard InChI is InChI=1S/C23H36N2O6S2Si/c1-8-17-15-25(22(27)24-21(17)26)20(32-19-12-10-9-11-13-19)14-18(31-33(5,28)29)16-30-34(6,7)23(2,3)4/h9-13,15,18,20H,8,14,16H2,1-7H3,(H,24,26,27)/t18-,20?/m0/s1. The third-order valence-corrected chi connectivity index (χ3v) is 12.3. The number of thioether (sulfide) groups is 1. The van der Waals surface area contributed by atoms with E-state index in [1.165, 1.54) is 16.3 Å². The molecule has 1 aromatic carbocycles. The lowest BCUT2D eigenvalue weighted by atomic mass is 10.2. The molecule has 0 bridgehead atoms. The van der Waals surface area contributed by atoms with Gasteiger partial charge >= 0.3 is 5.69 Å². The first-order valence-electron chi connectivity index (χ1n) is 11.2. The minimum Gasteiger partial charge on any atom is -0.414 e. The molecule has 0 saturated carbocycles. The van der Waals surface area contributed by atoms with Gasteiger partial charge in [-0.15, -0.1) is 11.8 Å². The maximum atomic E-state index is 12.8. The number of rotatable bonds is 11. The first-order valence-corrected chi connectivity index (χ1v) is 16.8. The molecular weight excluding hydrogens is 492 g/mol. The van der Waals surface area contributed by atoms with Crippen molar-refractivity contribution in [2.45, 2.75) is 75.0 Å². The van der Waals surface area contributed by atoms with Crippen LogP contribution in [-0.2, 0) is 25.1 Å². The molecule has 0 fully saturated rings. The van der Waals surface area contributed by atoms with Gasteiger partial charge in [-0.2, -0.15) is 8.42 Å². The van der Waals surface area contributed by atoms with Crippen LogP contribution in [0.4, 0.5) is 0 Å². The average Bonchev–Trinajstić information content (AvgIpc) is 2.70. The van der Waals surface area contributed by atoms with Gasteiger partial charge in [0, 0.05) is 23.1 Å². The number of benzene rings is 1. The Balaban J connectivity index is 2.46. The second-order valence-electron chi connectivity index (χ2n) is 9.79. The zero-order chi connectivity index (χ0) is 25.7. The summed E-state index contributed by atoms with van der Waals surface area (Å²) in [6.07, 6.45) is 2.38. The normalized spacial score (nSPS) is 14.7. The predicted molar refractivity (Wildman–Crippen MR) is 140 cm³/mol. The topological polar surface area (TPSA) is 107 Å². The van der Waals surface area contributed by atoms with Crippen LogP contribution in [-0.4, -0.2) is 45.3 Å². The van der Waals surface area contributed by atoms with Crippen LogP contribution < -0.4 is 11.2 Å². The molecule has 1 aromatic heterocycles. The highest BCUT2D eigenvalue weighted by molar-refractivity contribution is 7.99. The number of hydrogen-bond donors (Lipinski definition) is 1. The lowest BCUT2D eigenvalue weighted by molar-refractivity contribution is 0.114. The molecule has 0 aliphatic carbocycles. The maximum absolute atomic E-state index is 12.8. The fourth-order valence-electron chi connectivity index (χ4n) is 2.99. The van der Waals surface area contributed by atoms with Crippen LogP contribution in [0.5, 0.6) is 0 Å². The SMILES string of the molecule is CCc1cn(C(C[C@@H](CO[Si](C)(C)C(C)(C)C)OS(C)(=O)=O)Sc2ccccc2)c(=O)[nH]c1=O. The van der Waals surface area contributed by atoms with Crippen LogP contribution in [0.25, 0.3) is 0 Å². The van der Waals surface area contributed by atoms with E-state index in [0.29, 0.717) is 12.0 Å². The number of H-pyrrole nitrogens is 1. The van der Waals surface area contributed by atoms with Crippen molar-refractivity contribution in [3.8, 4) is 0 Å². The first-order chi connectivity index (χ1) is 15.6. The summed E-state index contributed by atoms with van der Waals surface area (Å²) < 4.78 is 37.3. The van der Waals surface area contributed by atoms with E-state index < -0.39 is 41.2 Å². The van der Waals surface area contributed by atoms with Gasteiger partial charge in [0.15, 0.2) is 8.32 Å². The number of aryl methyl sites for hydroxylation is 1. The van der Waals surface area contributed by atoms with E-state index in [1.54, 1.807) is 6.20 Å². The average molecular weight is 529 g/mol. The molecule has 0 amide bonds. The Morgan fingerprint density at radius 3 is 2.29 bits per heavy atom. The second kappa shape index (κ2) is 11.4. The number of aromatic amines is 1. The van der Waals surface area contributed by atoms with Gasteiger partial charge in [0.2, 0.25) is 0 Å². The quantitative estimate of drug-likeness (QED) is 0.265. The third-order valence-electron chi connectivity index (χ3n) is 5.96. The van der Waals surface area contributed by atoms with Gasteiger partial charge in [0.25, 0.3) is 15.7 Å². The van der Waals surface area contributed by atoms with E-state index in [0.717, 1.165) is 11.2 Å². The smallest absolute Gasteiger partial charge is 0.329 e. The van der Waals surface area contributed by atoms with Gasteiger partial charge < -0.3 is 4.43 Å². The summed E-state index contributed by atoms with van der Waals surface area (Å²) in [4.78, 5) is 28.2. The molecular formula is C23H36N2O6S2Si. The molecule has 34 heavy (non-hydrogen) atoms. The summed E-state index contributed by atoms with van der Waals surface area (Å²) >= 11 is 1.40. The molecule has 11 heteroatoms. The molecule has 190 valence electrons. The molecule has 0 aliphatic rings. The fraction of sp³-hybridized carbons (Fsp3) is 0.565. The molecule has 1 unspecified atom stereocenters. The Hall–Kier alpha value is -1.66. The van der Waals surface area contributed by atoms with E-state index in [2.05, 4.69) is 38.8 Å². The van der Waals surface area contributed by atoms with Crippen LogP contribution in [0, 0.1) is 0 Å². The molecule has 2 rings (SSSR count). The van der Waals surface area contributed by atoms with E-state index in [4.69, 9.17) is 8.61 Å². The maximum Gasteiger partial charge on any atom is 0.329 e. The van der Waals surface area contributed by atoms with Crippen LogP contribution in [0.2, 0.25) is 18.1 Å². The van der Waals surface area contributed by atoms with Crippen LogP contribution in [0.3, 0.4) is 0 Å². The molecule has 2 aromatic rings. The first kappa shape index (κ1) is 28.6. The Labute approximate surface area is 207 Å². The highest BCUT2D eigenvalue weighted by Gasteiger charge is 2.38. The predicted octanol–water partition coefficient (Wildman–Crippen LogP) is 4.15. The van der Waals surface area contributed by atoms with Crippen molar-refractivity contribution in [1.82, 2.24) is 9.55 Å². The van der Waals surface area contributed by atoms with Crippen molar-refractivity contribution >= 4 is 30.2 Å².